The Morgan fingerprint density at radius 3 is 2.42 bits per heavy atom. The monoisotopic (exact) mass is 413 g/mol. The first-order chi connectivity index (χ1) is 15.0. The van der Waals surface area contributed by atoms with Crippen LogP contribution in [0.3, 0.4) is 0 Å². The van der Waals surface area contributed by atoms with E-state index >= 15 is 0 Å². The molecule has 4 N–H and O–H groups in total. The zero-order valence-corrected chi connectivity index (χ0v) is 17.5. The molecule has 156 valence electrons. The van der Waals surface area contributed by atoms with Crippen molar-refractivity contribution in [2.24, 2.45) is 0 Å². The number of hydrogen-bond acceptors (Lipinski definition) is 4. The van der Waals surface area contributed by atoms with Gasteiger partial charge in [-0.3, -0.25) is 9.59 Å². The molecule has 0 fully saturated rings. The predicted molar refractivity (Wildman–Crippen MR) is 123 cm³/mol. The number of nitrogens with zero attached hydrogens (tertiary/aromatic N) is 1. The van der Waals surface area contributed by atoms with Gasteiger partial charge in [-0.15, -0.1) is 0 Å². The van der Waals surface area contributed by atoms with Crippen LogP contribution in [-0.4, -0.2) is 28.8 Å². The first-order valence-corrected chi connectivity index (χ1v) is 9.90. The van der Waals surface area contributed by atoms with Gasteiger partial charge < -0.3 is 20.9 Å². The molecule has 0 aliphatic rings. The summed E-state index contributed by atoms with van der Waals surface area (Å²) in [7, 11) is 1.55. The summed E-state index contributed by atoms with van der Waals surface area (Å²) < 4.78 is 0. The minimum absolute atomic E-state index is 0.285. The molecule has 0 aliphatic heterocycles. The van der Waals surface area contributed by atoms with E-state index in [0.717, 1.165) is 27.7 Å². The van der Waals surface area contributed by atoms with Crippen LogP contribution in [0.5, 0.6) is 0 Å². The van der Waals surface area contributed by atoms with Gasteiger partial charge >= 0.3 is 0 Å². The number of amides is 2. The molecule has 0 bridgehead atoms. The number of H-pyrrole nitrogens is 1. The Balaban J connectivity index is 1.70. The van der Waals surface area contributed by atoms with Gasteiger partial charge in [0.15, 0.2) is 5.82 Å². The van der Waals surface area contributed by atoms with E-state index in [0.29, 0.717) is 22.8 Å². The molecule has 4 rings (SSSR count). The molecule has 0 saturated carbocycles. The molecule has 0 radical (unpaired) electrons. The Morgan fingerprint density at radius 1 is 0.903 bits per heavy atom. The number of carbonyl (C=O) groups excluding carboxylic acids is 2. The second-order valence-corrected chi connectivity index (χ2v) is 7.31. The Bertz CT molecular complexity index is 1290. The molecular weight excluding hydrogens is 390 g/mol. The lowest BCUT2D eigenvalue weighted by atomic mass is 10.1. The summed E-state index contributed by atoms with van der Waals surface area (Å²) in [4.78, 5) is 32.7. The molecule has 7 nitrogen and oxygen atoms in total. The Hall–Kier alpha value is -4.13. The van der Waals surface area contributed by atoms with E-state index in [1.54, 1.807) is 13.1 Å². The molecule has 7 heteroatoms. The predicted octanol–water partition coefficient (Wildman–Crippen LogP) is 4.54. The fourth-order valence-corrected chi connectivity index (χ4v) is 3.39. The highest BCUT2D eigenvalue weighted by Crippen LogP contribution is 2.27. The first-order valence-electron chi connectivity index (χ1n) is 9.90. The maximum absolute atomic E-state index is 13.0. The lowest BCUT2D eigenvalue weighted by molar-refractivity contribution is 0.0961. The second-order valence-electron chi connectivity index (χ2n) is 7.31. The molecule has 31 heavy (non-hydrogen) atoms. The van der Waals surface area contributed by atoms with E-state index in [4.69, 9.17) is 0 Å². The number of aryl methyl sites for hydroxylation is 2. The third-order valence-electron chi connectivity index (χ3n) is 5.15. The lowest BCUT2D eigenvalue weighted by Gasteiger charge is -2.14. The van der Waals surface area contributed by atoms with Crippen LogP contribution in [0.2, 0.25) is 0 Å². The SMILES string of the molecule is CNC(=O)c1cnc(Nc2ccccc2C)c(NC(=O)c2cc3c(C)cccc3[nH]2)c1. The topological polar surface area (TPSA) is 98.9 Å². The molecule has 0 spiro atoms. The van der Waals surface area contributed by atoms with Crippen molar-refractivity contribution in [1.82, 2.24) is 15.3 Å². The van der Waals surface area contributed by atoms with Crippen LogP contribution >= 0.6 is 0 Å². The summed E-state index contributed by atoms with van der Waals surface area (Å²) in [5, 5.41) is 9.71. The molecule has 0 saturated heterocycles. The number of carbonyl (C=O) groups is 2. The van der Waals surface area contributed by atoms with Gasteiger partial charge in [-0.25, -0.2) is 4.98 Å². The molecule has 0 atom stereocenters. The summed E-state index contributed by atoms with van der Waals surface area (Å²) in [6.07, 6.45) is 1.47. The Labute approximate surface area is 179 Å². The molecular formula is C24H23N5O2. The number of pyridine rings is 1. The Morgan fingerprint density at radius 2 is 1.68 bits per heavy atom. The van der Waals surface area contributed by atoms with Gasteiger partial charge in [-0.1, -0.05) is 30.3 Å². The summed E-state index contributed by atoms with van der Waals surface area (Å²) in [6, 6.07) is 17.1. The highest BCUT2D eigenvalue weighted by atomic mass is 16.2. The van der Waals surface area contributed by atoms with Gasteiger partial charge in [-0.2, -0.15) is 0 Å². The summed E-state index contributed by atoms with van der Waals surface area (Å²) in [6.45, 7) is 3.98. The molecule has 0 aliphatic carbocycles. The van der Waals surface area contributed by atoms with Crippen molar-refractivity contribution in [3.63, 3.8) is 0 Å². The molecule has 2 heterocycles. The van der Waals surface area contributed by atoms with E-state index in [2.05, 4.69) is 25.9 Å². The number of aromatic nitrogens is 2. The fourth-order valence-electron chi connectivity index (χ4n) is 3.39. The largest absolute Gasteiger partial charge is 0.355 e. The lowest BCUT2D eigenvalue weighted by Crippen LogP contribution is -2.20. The maximum atomic E-state index is 13.0. The van der Waals surface area contributed by atoms with E-state index < -0.39 is 0 Å². The van der Waals surface area contributed by atoms with Gasteiger partial charge in [0, 0.05) is 29.8 Å². The van der Waals surface area contributed by atoms with Gasteiger partial charge in [0.1, 0.15) is 5.69 Å². The number of benzene rings is 2. The van der Waals surface area contributed by atoms with Crippen molar-refractivity contribution in [1.29, 1.82) is 0 Å². The second kappa shape index (κ2) is 8.31. The molecule has 0 unspecified atom stereocenters. The van der Waals surface area contributed by atoms with E-state index in [1.807, 2.05) is 62.4 Å². The quantitative estimate of drug-likeness (QED) is 0.386. The number of hydrogen-bond donors (Lipinski definition) is 4. The normalized spacial score (nSPS) is 10.7. The molecule has 2 amide bonds. The maximum Gasteiger partial charge on any atom is 0.272 e. The van der Waals surface area contributed by atoms with Crippen LogP contribution in [0.1, 0.15) is 32.0 Å². The Kier molecular flexibility index (Phi) is 5.41. The summed E-state index contributed by atoms with van der Waals surface area (Å²) in [5.41, 5.74) is 5.04. The molecule has 4 aromatic rings. The third kappa shape index (κ3) is 4.11. The molecule has 2 aromatic heterocycles. The highest BCUT2D eigenvalue weighted by molar-refractivity contribution is 6.08. The van der Waals surface area contributed by atoms with Gasteiger partial charge in [0.05, 0.1) is 11.3 Å². The van der Waals surface area contributed by atoms with Gasteiger partial charge in [0.25, 0.3) is 11.8 Å². The van der Waals surface area contributed by atoms with Crippen LogP contribution in [0.15, 0.2) is 60.8 Å². The van der Waals surface area contributed by atoms with Crippen LogP contribution in [0.25, 0.3) is 10.9 Å². The standard InChI is InChI=1S/C24H23N5O2/c1-14-8-6-10-19-17(14)12-21(27-19)24(31)29-20-11-16(23(30)25-3)13-26-22(20)28-18-9-5-4-7-15(18)2/h4-13,27H,1-3H3,(H,25,30)(H,26,28)(H,29,31). The van der Waals surface area contributed by atoms with Crippen molar-refractivity contribution >= 4 is 39.9 Å². The zero-order chi connectivity index (χ0) is 22.0. The van der Waals surface area contributed by atoms with Crippen LogP contribution in [0.4, 0.5) is 17.2 Å². The fraction of sp³-hybridized carbons (Fsp3) is 0.125. The average Bonchev–Trinajstić information content (AvgIpc) is 3.22. The minimum Gasteiger partial charge on any atom is -0.355 e. The van der Waals surface area contributed by atoms with E-state index in [9.17, 15) is 9.59 Å². The first kappa shape index (κ1) is 20.2. The van der Waals surface area contributed by atoms with E-state index in [1.165, 1.54) is 6.20 Å². The number of para-hydroxylation sites is 1. The third-order valence-corrected chi connectivity index (χ3v) is 5.15. The summed E-state index contributed by atoms with van der Waals surface area (Å²) >= 11 is 0. The number of fused-ring (bicyclic) bond motifs is 1. The van der Waals surface area contributed by atoms with Crippen LogP contribution in [0, 0.1) is 13.8 Å². The smallest absolute Gasteiger partial charge is 0.272 e. The van der Waals surface area contributed by atoms with Crippen molar-refractivity contribution in [2.75, 3.05) is 17.7 Å². The van der Waals surface area contributed by atoms with Crippen molar-refractivity contribution < 1.29 is 9.59 Å². The number of aromatic amines is 1. The average molecular weight is 413 g/mol. The zero-order valence-electron chi connectivity index (χ0n) is 17.5. The van der Waals surface area contributed by atoms with Crippen LogP contribution in [-0.2, 0) is 0 Å². The van der Waals surface area contributed by atoms with Crippen molar-refractivity contribution in [2.45, 2.75) is 13.8 Å². The van der Waals surface area contributed by atoms with E-state index in [-0.39, 0.29) is 11.8 Å². The van der Waals surface area contributed by atoms with Gasteiger partial charge in [0.2, 0.25) is 0 Å². The van der Waals surface area contributed by atoms with Crippen molar-refractivity contribution in [3.8, 4) is 0 Å². The summed E-state index contributed by atoms with van der Waals surface area (Å²) in [5.74, 6) is -0.159. The van der Waals surface area contributed by atoms with Crippen molar-refractivity contribution in [3.05, 3.63) is 83.2 Å². The highest BCUT2D eigenvalue weighted by Gasteiger charge is 2.16. The minimum atomic E-state index is -0.320. The number of anilines is 3. The molecule has 2 aromatic carbocycles. The number of rotatable bonds is 5. The van der Waals surface area contributed by atoms with Crippen LogP contribution < -0.4 is 16.0 Å². The number of nitrogens with one attached hydrogen (secondary N) is 4. The van der Waals surface area contributed by atoms with Gasteiger partial charge in [-0.05, 0) is 49.2 Å².